The Morgan fingerprint density at radius 1 is 1.06 bits per heavy atom. The number of fused-ring (bicyclic) bond motifs is 3. The van der Waals surface area contributed by atoms with Crippen molar-refractivity contribution >= 4 is 45.7 Å². The maximum absolute atomic E-state index is 13.5. The first-order valence-corrected chi connectivity index (χ1v) is 16.8. The number of carbonyl (C=O) groups excluding carboxylic acids is 1. The van der Waals surface area contributed by atoms with E-state index < -0.39 is 23.7 Å². The number of benzene rings is 3. The van der Waals surface area contributed by atoms with Gasteiger partial charge < -0.3 is 34.9 Å². The number of H-pyrrole nitrogens is 1. The summed E-state index contributed by atoms with van der Waals surface area (Å²) in [7, 11) is 0. The van der Waals surface area contributed by atoms with Crippen LogP contribution in [0.1, 0.15) is 54.7 Å². The number of aromatic amines is 1. The Balaban J connectivity index is 1.37. The number of halogens is 2. The fourth-order valence-electron chi connectivity index (χ4n) is 7.97. The van der Waals surface area contributed by atoms with Crippen LogP contribution in [0.2, 0.25) is 10.3 Å². The molecule has 3 aromatic carbocycles. The third-order valence-electron chi connectivity index (χ3n) is 10.5. The minimum atomic E-state index is -1.01. The summed E-state index contributed by atoms with van der Waals surface area (Å²) in [6.07, 6.45) is 0.492. The lowest BCUT2D eigenvalue weighted by Crippen LogP contribution is -2.45. The minimum Gasteiger partial charge on any atom is -0.469 e. The zero-order valence-corrected chi connectivity index (χ0v) is 27.3. The second kappa shape index (κ2) is 9.65. The Kier molecular flexibility index (Phi) is 5.68. The van der Waals surface area contributed by atoms with Crippen molar-refractivity contribution in [3.8, 4) is 39.8 Å². The summed E-state index contributed by atoms with van der Waals surface area (Å²) in [4.78, 5) is 26.7. The van der Waals surface area contributed by atoms with Gasteiger partial charge in [0.25, 0.3) is 5.89 Å². The van der Waals surface area contributed by atoms with Gasteiger partial charge in [-0.15, -0.1) is 0 Å². The Hall–Kier alpha value is -4.77. The first-order valence-electron chi connectivity index (χ1n) is 16.0. The van der Waals surface area contributed by atoms with Gasteiger partial charge in [-0.1, -0.05) is 79.9 Å². The molecule has 10 nitrogen and oxygen atoms in total. The molecule has 6 aromatic rings. The average Bonchev–Trinajstić information content (AvgIpc) is 3.87. The maximum Gasteiger partial charge on any atom is 0.250 e. The fourth-order valence-corrected chi connectivity index (χ4v) is 8.47. The number of nitrogens with two attached hydrogens (primary N) is 1. The number of rotatable bonds is 2. The molecule has 8 heterocycles. The van der Waals surface area contributed by atoms with Crippen LogP contribution in [0.25, 0.3) is 44.9 Å². The van der Waals surface area contributed by atoms with E-state index >= 15 is 0 Å². The molecule has 0 unspecified atom stereocenters. The van der Waals surface area contributed by atoms with Crippen LogP contribution in [-0.4, -0.2) is 33.1 Å². The van der Waals surface area contributed by atoms with Crippen LogP contribution in [0.4, 0.5) is 5.69 Å². The van der Waals surface area contributed by atoms with Gasteiger partial charge in [0, 0.05) is 22.2 Å². The second-order valence-electron chi connectivity index (χ2n) is 13.1. The molecule has 5 atom stereocenters. The Labute approximate surface area is 284 Å². The van der Waals surface area contributed by atoms with Crippen LogP contribution in [0.15, 0.2) is 63.4 Å². The molecule has 5 aliphatic rings. The number of nitrogens with one attached hydrogen (secondary N) is 3. The predicted molar refractivity (Wildman–Crippen MR) is 181 cm³/mol. The van der Waals surface area contributed by atoms with Gasteiger partial charge in [-0.3, -0.25) is 4.79 Å². The molecule has 1 spiro atoms. The Morgan fingerprint density at radius 3 is 2.79 bits per heavy atom. The molecule has 11 rings (SSSR count). The summed E-state index contributed by atoms with van der Waals surface area (Å²) in [5.41, 5.74) is 12.8. The fraction of sp³-hybridized carbons (Fsp3) is 0.250. The Morgan fingerprint density at radius 2 is 1.94 bits per heavy atom. The lowest BCUT2D eigenvalue weighted by atomic mass is 9.72. The highest BCUT2D eigenvalue weighted by atomic mass is 35.5. The Bertz CT molecular complexity index is 2380. The molecule has 0 saturated carbocycles. The smallest absolute Gasteiger partial charge is 0.250 e. The molecule has 0 fully saturated rings. The molecule has 48 heavy (non-hydrogen) atoms. The number of hydrogen-bond donors (Lipinski definition) is 4. The van der Waals surface area contributed by atoms with Crippen molar-refractivity contribution in [3.63, 3.8) is 0 Å². The van der Waals surface area contributed by atoms with E-state index in [1.54, 1.807) is 0 Å². The third-order valence-corrected chi connectivity index (χ3v) is 11.1. The van der Waals surface area contributed by atoms with Gasteiger partial charge >= 0.3 is 0 Å². The lowest BCUT2D eigenvalue weighted by Gasteiger charge is -2.28. The molecule has 0 aliphatic carbocycles. The highest BCUT2D eigenvalue weighted by Crippen LogP contribution is 2.60. The van der Waals surface area contributed by atoms with Crippen molar-refractivity contribution in [1.82, 2.24) is 20.3 Å². The van der Waals surface area contributed by atoms with Crippen LogP contribution in [0.3, 0.4) is 0 Å². The first kappa shape index (κ1) is 28.3. The van der Waals surface area contributed by atoms with E-state index in [1.165, 1.54) is 0 Å². The van der Waals surface area contributed by atoms with Crippen molar-refractivity contribution in [3.05, 3.63) is 93.2 Å². The summed E-state index contributed by atoms with van der Waals surface area (Å²) in [5, 5.41) is 8.18. The molecule has 1 amide bonds. The summed E-state index contributed by atoms with van der Waals surface area (Å²) < 4.78 is 20.3. The van der Waals surface area contributed by atoms with Gasteiger partial charge in [-0.25, -0.2) is 4.98 Å². The SMILES string of the molecule is CC[C@H](C)[C@@H]1NC(=O)[C@@H](N)Cc2ccc3c(c2)[C@]24c5ccc(cc5N[C@@H]2O3)-c2cccc3[nH]c(Cl)c(c23)-c2oc(nc2Cl)-c2nc1oc24. The van der Waals surface area contributed by atoms with Crippen LogP contribution in [0.5, 0.6) is 5.75 Å². The number of amides is 1. The molecule has 10 bridgehead atoms. The highest BCUT2D eigenvalue weighted by molar-refractivity contribution is 6.37. The average molecular weight is 680 g/mol. The van der Waals surface area contributed by atoms with Crippen LogP contribution < -0.4 is 21.1 Å². The largest absolute Gasteiger partial charge is 0.469 e. The number of ether oxygens (including phenoxy) is 1. The standard InChI is InChI=1S/C36H28Cl2N6O4/c1-3-14(2)26-33-43-27-29(48-33)36-18-9-8-16(17-5-4-6-21-24(17)25(30(37)40-21)28-31(38)44-34(27)47-28)13-22(18)41-35(36)46-23-10-7-15(11-19(23)36)12-20(39)32(45)42-26/h4-11,13-14,20,26,35,40-41H,3,12,39H2,1-2H3,(H,42,45)/t14-,20-,26-,35+,36-/m0/s1. The molecule has 240 valence electrons. The summed E-state index contributed by atoms with van der Waals surface area (Å²) in [6, 6.07) is 16.9. The van der Waals surface area contributed by atoms with Crippen LogP contribution in [0, 0.1) is 5.92 Å². The van der Waals surface area contributed by atoms with E-state index in [9.17, 15) is 4.79 Å². The lowest BCUT2D eigenvalue weighted by molar-refractivity contribution is -0.123. The molecule has 5 N–H and O–H groups in total. The van der Waals surface area contributed by atoms with Gasteiger partial charge in [-0.05, 0) is 52.8 Å². The van der Waals surface area contributed by atoms with Gasteiger partial charge in [0.15, 0.2) is 28.6 Å². The van der Waals surface area contributed by atoms with Crippen molar-refractivity contribution in [2.75, 3.05) is 5.32 Å². The van der Waals surface area contributed by atoms with Crippen LogP contribution >= 0.6 is 23.2 Å². The van der Waals surface area contributed by atoms with E-state index in [2.05, 4.69) is 52.9 Å². The zero-order chi connectivity index (χ0) is 32.6. The van der Waals surface area contributed by atoms with Crippen molar-refractivity contribution < 1.29 is 18.4 Å². The zero-order valence-electron chi connectivity index (χ0n) is 25.8. The molecule has 3 aromatic heterocycles. The van der Waals surface area contributed by atoms with E-state index in [0.29, 0.717) is 46.0 Å². The highest BCUT2D eigenvalue weighted by Gasteiger charge is 2.61. The molecule has 0 saturated heterocycles. The second-order valence-corrected chi connectivity index (χ2v) is 13.9. The molecule has 5 aliphatic heterocycles. The number of anilines is 1. The summed E-state index contributed by atoms with van der Waals surface area (Å²) in [5.74, 6) is 1.60. The molecule has 12 heteroatoms. The van der Waals surface area contributed by atoms with Gasteiger partial charge in [0.1, 0.15) is 22.4 Å². The maximum atomic E-state index is 13.5. The summed E-state index contributed by atoms with van der Waals surface area (Å²) in [6.45, 7) is 4.10. The van der Waals surface area contributed by atoms with Gasteiger partial charge in [0.2, 0.25) is 11.8 Å². The van der Waals surface area contributed by atoms with Crippen molar-refractivity contribution in [1.29, 1.82) is 0 Å². The quantitative estimate of drug-likeness (QED) is 0.149. The summed E-state index contributed by atoms with van der Waals surface area (Å²) >= 11 is 13.8. The van der Waals surface area contributed by atoms with E-state index in [4.69, 9.17) is 52.5 Å². The van der Waals surface area contributed by atoms with E-state index in [0.717, 1.165) is 50.8 Å². The molecular weight excluding hydrogens is 651 g/mol. The molecular formula is C36H28Cl2N6O4. The number of aromatic nitrogens is 3. The number of nitrogens with zero attached hydrogens (tertiary/aromatic N) is 2. The molecule has 0 radical (unpaired) electrons. The van der Waals surface area contributed by atoms with Crippen molar-refractivity contribution in [2.24, 2.45) is 11.7 Å². The van der Waals surface area contributed by atoms with E-state index in [-0.39, 0.29) is 22.9 Å². The number of hydrogen-bond acceptors (Lipinski definition) is 8. The number of carbonyl (C=O) groups is 1. The first-order chi connectivity index (χ1) is 23.3. The number of oxazole rings is 2. The predicted octanol–water partition coefficient (Wildman–Crippen LogP) is 7.33. The van der Waals surface area contributed by atoms with Crippen molar-refractivity contribution in [2.45, 2.75) is 50.4 Å². The van der Waals surface area contributed by atoms with Crippen LogP contribution in [-0.2, 0) is 16.6 Å². The van der Waals surface area contributed by atoms with Gasteiger partial charge in [0.05, 0.1) is 11.6 Å². The topological polar surface area (TPSA) is 144 Å². The monoisotopic (exact) mass is 678 g/mol. The van der Waals surface area contributed by atoms with E-state index in [1.807, 2.05) is 31.2 Å². The third kappa shape index (κ3) is 3.54. The normalized spacial score (nSPS) is 23.4. The van der Waals surface area contributed by atoms with Gasteiger partial charge in [-0.2, -0.15) is 4.98 Å². The minimum absolute atomic E-state index is 0.0424.